The molecule has 0 fully saturated rings. The number of carbonyl (C=O) groups is 1. The van der Waals surface area contributed by atoms with Gasteiger partial charge in [0.05, 0.1) is 13.2 Å². The van der Waals surface area contributed by atoms with Crippen molar-refractivity contribution < 1.29 is 18.7 Å². The van der Waals surface area contributed by atoms with Crippen molar-refractivity contribution in [3.8, 4) is 0 Å². The number of nitrogens with one attached hydrogen (secondary N) is 1. The number of hydrogen-bond acceptors (Lipinski definition) is 4. The molecule has 0 aliphatic heterocycles. The molecule has 0 unspecified atom stereocenters. The molecule has 0 aromatic heterocycles. The van der Waals surface area contributed by atoms with E-state index in [0.29, 0.717) is 19.8 Å². The van der Waals surface area contributed by atoms with Gasteiger partial charge in [0.25, 0.3) is 0 Å². The summed E-state index contributed by atoms with van der Waals surface area (Å²) in [4.78, 5) is 11.0. The van der Waals surface area contributed by atoms with Crippen molar-refractivity contribution >= 4 is 11.7 Å². The van der Waals surface area contributed by atoms with Crippen molar-refractivity contribution in [3.63, 3.8) is 0 Å². The predicted molar refractivity (Wildman–Crippen MR) is 67.1 cm³/mol. The van der Waals surface area contributed by atoms with Gasteiger partial charge >= 0.3 is 5.97 Å². The summed E-state index contributed by atoms with van der Waals surface area (Å²) < 4.78 is 22.8. The normalized spacial score (nSPS) is 10.2. The van der Waals surface area contributed by atoms with Gasteiger partial charge in [0, 0.05) is 12.2 Å². The number of esters is 1. The standard InChI is InChI=1S/C13H18FNO3/c1-3-18-13(16)9-17-7-6-15-12-8-11(14)5-4-10(12)2/h4-5,8,15H,3,6-7,9H2,1-2H3. The average Bonchev–Trinajstić information content (AvgIpc) is 2.33. The molecule has 0 amide bonds. The molecule has 1 N–H and O–H groups in total. The Labute approximate surface area is 106 Å². The molecule has 0 bridgehead atoms. The fourth-order valence-electron chi connectivity index (χ4n) is 1.40. The van der Waals surface area contributed by atoms with E-state index in [2.05, 4.69) is 5.32 Å². The van der Waals surface area contributed by atoms with Gasteiger partial charge in [-0.2, -0.15) is 0 Å². The number of rotatable bonds is 7. The van der Waals surface area contributed by atoms with Crippen LogP contribution in [0, 0.1) is 12.7 Å². The van der Waals surface area contributed by atoms with Crippen LogP contribution in [0.2, 0.25) is 0 Å². The Morgan fingerprint density at radius 2 is 2.22 bits per heavy atom. The largest absolute Gasteiger partial charge is 0.464 e. The van der Waals surface area contributed by atoms with Gasteiger partial charge in [-0.15, -0.1) is 0 Å². The zero-order valence-corrected chi connectivity index (χ0v) is 10.7. The van der Waals surface area contributed by atoms with E-state index in [9.17, 15) is 9.18 Å². The molecular weight excluding hydrogens is 237 g/mol. The molecule has 0 aliphatic rings. The third kappa shape index (κ3) is 5.14. The van der Waals surface area contributed by atoms with Gasteiger partial charge in [0.1, 0.15) is 12.4 Å². The van der Waals surface area contributed by atoms with Crippen LogP contribution >= 0.6 is 0 Å². The topological polar surface area (TPSA) is 47.6 Å². The molecule has 5 heteroatoms. The van der Waals surface area contributed by atoms with Gasteiger partial charge < -0.3 is 14.8 Å². The van der Waals surface area contributed by atoms with Crippen molar-refractivity contribution in [1.82, 2.24) is 0 Å². The molecule has 0 atom stereocenters. The van der Waals surface area contributed by atoms with Gasteiger partial charge in [0.2, 0.25) is 0 Å². The number of carbonyl (C=O) groups excluding carboxylic acids is 1. The second-order valence-corrected chi connectivity index (χ2v) is 3.74. The summed E-state index contributed by atoms with van der Waals surface area (Å²) in [6.45, 7) is 4.78. The Bertz CT molecular complexity index is 396. The maximum absolute atomic E-state index is 13.0. The summed E-state index contributed by atoms with van der Waals surface area (Å²) >= 11 is 0. The number of anilines is 1. The van der Waals surface area contributed by atoms with Gasteiger partial charge in [0.15, 0.2) is 0 Å². The molecule has 0 spiro atoms. The maximum atomic E-state index is 13.0. The van der Waals surface area contributed by atoms with Gasteiger partial charge in [-0.1, -0.05) is 6.07 Å². The van der Waals surface area contributed by atoms with E-state index in [1.807, 2.05) is 6.92 Å². The molecule has 4 nitrogen and oxygen atoms in total. The third-order valence-electron chi connectivity index (χ3n) is 2.29. The molecule has 0 saturated carbocycles. The lowest BCUT2D eigenvalue weighted by Gasteiger charge is -2.09. The Kier molecular flexibility index (Phi) is 6.14. The lowest BCUT2D eigenvalue weighted by molar-refractivity contribution is -0.148. The summed E-state index contributed by atoms with van der Waals surface area (Å²) in [5.74, 6) is -0.657. The van der Waals surface area contributed by atoms with E-state index in [-0.39, 0.29) is 18.4 Å². The average molecular weight is 255 g/mol. The fourth-order valence-corrected chi connectivity index (χ4v) is 1.40. The summed E-state index contributed by atoms with van der Waals surface area (Å²) in [7, 11) is 0. The molecule has 1 aromatic rings. The molecule has 1 rings (SSSR count). The van der Waals surface area contributed by atoms with Crippen LogP contribution in [0.5, 0.6) is 0 Å². The van der Waals surface area contributed by atoms with Crippen molar-refractivity contribution in [3.05, 3.63) is 29.6 Å². The highest BCUT2D eigenvalue weighted by molar-refractivity contribution is 5.70. The molecule has 0 heterocycles. The van der Waals surface area contributed by atoms with E-state index in [4.69, 9.17) is 9.47 Å². The minimum Gasteiger partial charge on any atom is -0.464 e. The number of hydrogen-bond donors (Lipinski definition) is 1. The van der Waals surface area contributed by atoms with Crippen LogP contribution in [0.3, 0.4) is 0 Å². The predicted octanol–water partition coefficient (Wildman–Crippen LogP) is 2.13. The summed E-state index contributed by atoms with van der Waals surface area (Å²) in [6.07, 6.45) is 0. The Morgan fingerprint density at radius 3 is 2.94 bits per heavy atom. The highest BCUT2D eigenvalue weighted by atomic mass is 19.1. The fraction of sp³-hybridized carbons (Fsp3) is 0.462. The molecule has 100 valence electrons. The van der Waals surface area contributed by atoms with E-state index in [0.717, 1.165) is 11.3 Å². The van der Waals surface area contributed by atoms with Crippen molar-refractivity contribution in [2.24, 2.45) is 0 Å². The van der Waals surface area contributed by atoms with Crippen LogP contribution in [0.1, 0.15) is 12.5 Å². The monoisotopic (exact) mass is 255 g/mol. The van der Waals surface area contributed by atoms with Crippen LogP contribution in [0.25, 0.3) is 0 Å². The number of aryl methyl sites for hydroxylation is 1. The summed E-state index contributed by atoms with van der Waals surface area (Å²) in [5.41, 5.74) is 1.69. The van der Waals surface area contributed by atoms with Crippen LogP contribution in [0.15, 0.2) is 18.2 Å². The van der Waals surface area contributed by atoms with E-state index < -0.39 is 0 Å². The lowest BCUT2D eigenvalue weighted by atomic mass is 10.2. The van der Waals surface area contributed by atoms with Crippen LogP contribution in [-0.4, -0.2) is 32.3 Å². The SMILES string of the molecule is CCOC(=O)COCCNc1cc(F)ccc1C. The van der Waals surface area contributed by atoms with E-state index in [1.165, 1.54) is 12.1 Å². The van der Waals surface area contributed by atoms with Crippen molar-refractivity contribution in [1.29, 1.82) is 0 Å². The molecule has 1 aromatic carbocycles. The van der Waals surface area contributed by atoms with Crippen LogP contribution in [0.4, 0.5) is 10.1 Å². The van der Waals surface area contributed by atoms with Gasteiger partial charge in [-0.25, -0.2) is 9.18 Å². The zero-order valence-electron chi connectivity index (χ0n) is 10.7. The number of benzene rings is 1. The minimum absolute atomic E-state index is 0.0579. The van der Waals surface area contributed by atoms with Crippen molar-refractivity contribution in [2.75, 3.05) is 31.7 Å². The van der Waals surface area contributed by atoms with Gasteiger partial charge in [-0.3, -0.25) is 0 Å². The second-order valence-electron chi connectivity index (χ2n) is 3.74. The first-order valence-corrected chi connectivity index (χ1v) is 5.87. The number of halogens is 1. The quantitative estimate of drug-likeness (QED) is 0.599. The Balaban J connectivity index is 2.21. The minimum atomic E-state index is -0.376. The maximum Gasteiger partial charge on any atom is 0.332 e. The van der Waals surface area contributed by atoms with Gasteiger partial charge in [-0.05, 0) is 31.5 Å². The first-order chi connectivity index (χ1) is 8.63. The third-order valence-corrected chi connectivity index (χ3v) is 2.29. The van der Waals surface area contributed by atoms with Crippen molar-refractivity contribution in [2.45, 2.75) is 13.8 Å². The van der Waals surface area contributed by atoms with Crippen LogP contribution < -0.4 is 5.32 Å². The smallest absolute Gasteiger partial charge is 0.332 e. The summed E-state index contributed by atoms with van der Waals surface area (Å²) in [5, 5.41) is 3.04. The number of ether oxygens (including phenoxy) is 2. The molecule has 0 saturated heterocycles. The first kappa shape index (κ1) is 14.4. The highest BCUT2D eigenvalue weighted by Gasteiger charge is 2.02. The Morgan fingerprint density at radius 1 is 1.44 bits per heavy atom. The van der Waals surface area contributed by atoms with E-state index >= 15 is 0 Å². The first-order valence-electron chi connectivity index (χ1n) is 5.87. The zero-order chi connectivity index (χ0) is 13.4. The molecule has 18 heavy (non-hydrogen) atoms. The molecule has 0 radical (unpaired) electrons. The molecule has 0 aliphatic carbocycles. The van der Waals surface area contributed by atoms with Crippen LogP contribution in [-0.2, 0) is 14.3 Å². The molecular formula is C13H18FNO3. The Hall–Kier alpha value is -1.62. The summed E-state index contributed by atoms with van der Waals surface area (Å²) in [6, 6.07) is 4.55. The highest BCUT2D eigenvalue weighted by Crippen LogP contribution is 2.15. The lowest BCUT2D eigenvalue weighted by Crippen LogP contribution is -2.16. The van der Waals surface area contributed by atoms with E-state index in [1.54, 1.807) is 13.0 Å². The second kappa shape index (κ2) is 7.66.